The van der Waals surface area contributed by atoms with Crippen LogP contribution in [0.15, 0.2) is 55.1 Å². The summed E-state index contributed by atoms with van der Waals surface area (Å²) in [5.74, 6) is 2.21. The summed E-state index contributed by atoms with van der Waals surface area (Å²) in [5, 5.41) is 10.5. The second-order valence-corrected chi connectivity index (χ2v) is 7.40. The molecule has 0 spiro atoms. The third-order valence-electron chi connectivity index (χ3n) is 5.31. The second kappa shape index (κ2) is 10.9. The molecule has 0 radical (unpaired) electrons. The summed E-state index contributed by atoms with van der Waals surface area (Å²) in [4.78, 5) is 4.60. The number of anilines is 1. The fourth-order valence-electron chi connectivity index (χ4n) is 3.72. The zero-order chi connectivity index (χ0) is 21.3. The highest BCUT2D eigenvalue weighted by molar-refractivity contribution is 5.58. The van der Waals surface area contributed by atoms with Gasteiger partial charge in [-0.3, -0.25) is 4.90 Å². The molecule has 1 N–H and O–H groups in total. The van der Waals surface area contributed by atoms with Gasteiger partial charge in [0.25, 0.3) is 0 Å². The largest absolute Gasteiger partial charge is 0.495 e. The number of β-amino-alcohol motifs (C(OH)–C–C–N with tert-alkyl or cyclic N) is 1. The predicted octanol–water partition coefficient (Wildman–Crippen LogP) is 2.99. The number of hydrogen-bond donors (Lipinski definition) is 1. The van der Waals surface area contributed by atoms with Gasteiger partial charge in [0, 0.05) is 32.7 Å². The van der Waals surface area contributed by atoms with Crippen molar-refractivity contribution in [2.75, 3.05) is 58.5 Å². The lowest BCUT2D eigenvalue weighted by Gasteiger charge is -2.37. The van der Waals surface area contributed by atoms with Crippen LogP contribution in [-0.2, 0) is 6.42 Å². The number of piperazine rings is 1. The van der Waals surface area contributed by atoms with Crippen molar-refractivity contribution in [1.29, 1.82) is 0 Å². The summed E-state index contributed by atoms with van der Waals surface area (Å²) < 4.78 is 16.7. The molecule has 6 heteroatoms. The number of ether oxygens (including phenoxy) is 3. The Hall–Kier alpha value is -2.70. The Kier molecular flexibility index (Phi) is 7.99. The van der Waals surface area contributed by atoms with Crippen molar-refractivity contribution in [2.45, 2.75) is 12.5 Å². The molecule has 0 saturated carbocycles. The van der Waals surface area contributed by atoms with E-state index in [0.717, 1.165) is 49.6 Å². The van der Waals surface area contributed by atoms with Gasteiger partial charge in [0.2, 0.25) is 0 Å². The minimum Gasteiger partial charge on any atom is -0.495 e. The Morgan fingerprint density at radius 1 is 1.00 bits per heavy atom. The van der Waals surface area contributed by atoms with Crippen molar-refractivity contribution in [3.05, 3.63) is 60.7 Å². The van der Waals surface area contributed by atoms with Crippen LogP contribution in [0.5, 0.6) is 17.2 Å². The van der Waals surface area contributed by atoms with Crippen molar-refractivity contribution < 1.29 is 19.3 Å². The van der Waals surface area contributed by atoms with Crippen LogP contribution in [0.1, 0.15) is 5.56 Å². The van der Waals surface area contributed by atoms with E-state index < -0.39 is 6.10 Å². The number of aliphatic hydroxyl groups excluding tert-OH is 1. The molecule has 1 saturated heterocycles. The van der Waals surface area contributed by atoms with Crippen LogP contribution >= 0.6 is 0 Å². The maximum atomic E-state index is 10.5. The van der Waals surface area contributed by atoms with E-state index in [1.807, 2.05) is 42.5 Å². The lowest BCUT2D eigenvalue weighted by Crippen LogP contribution is -2.49. The van der Waals surface area contributed by atoms with Gasteiger partial charge >= 0.3 is 0 Å². The first-order chi connectivity index (χ1) is 14.6. The van der Waals surface area contributed by atoms with Crippen LogP contribution in [0.4, 0.5) is 5.69 Å². The number of benzene rings is 2. The molecule has 1 aliphatic heterocycles. The highest BCUT2D eigenvalue weighted by atomic mass is 16.5. The van der Waals surface area contributed by atoms with Gasteiger partial charge in [-0.1, -0.05) is 24.3 Å². The summed E-state index contributed by atoms with van der Waals surface area (Å²) in [7, 11) is 3.32. The fraction of sp³-hybridized carbons (Fsp3) is 0.417. The first kappa shape index (κ1) is 22.0. The molecule has 1 heterocycles. The number of methoxy groups -OCH3 is 2. The molecule has 0 aromatic heterocycles. The van der Waals surface area contributed by atoms with Crippen molar-refractivity contribution in [3.8, 4) is 17.2 Å². The third-order valence-corrected chi connectivity index (χ3v) is 5.31. The van der Waals surface area contributed by atoms with Crippen molar-refractivity contribution in [2.24, 2.45) is 0 Å². The van der Waals surface area contributed by atoms with E-state index in [2.05, 4.69) is 22.4 Å². The fourth-order valence-corrected chi connectivity index (χ4v) is 3.72. The summed E-state index contributed by atoms with van der Waals surface area (Å²) >= 11 is 0. The molecular weight excluding hydrogens is 380 g/mol. The molecule has 2 aromatic carbocycles. The topological polar surface area (TPSA) is 54.4 Å². The summed E-state index contributed by atoms with van der Waals surface area (Å²) in [5.41, 5.74) is 2.23. The maximum absolute atomic E-state index is 10.5. The average Bonchev–Trinajstić information content (AvgIpc) is 2.78. The Labute approximate surface area is 179 Å². The quantitative estimate of drug-likeness (QED) is 0.606. The Morgan fingerprint density at radius 2 is 1.73 bits per heavy atom. The number of rotatable bonds is 10. The van der Waals surface area contributed by atoms with E-state index in [-0.39, 0.29) is 6.61 Å². The van der Waals surface area contributed by atoms with Gasteiger partial charge in [-0.05, 0) is 36.2 Å². The van der Waals surface area contributed by atoms with Gasteiger partial charge in [-0.25, -0.2) is 0 Å². The van der Waals surface area contributed by atoms with E-state index in [9.17, 15) is 5.11 Å². The second-order valence-electron chi connectivity index (χ2n) is 7.40. The molecule has 6 nitrogen and oxygen atoms in total. The first-order valence-corrected chi connectivity index (χ1v) is 10.3. The summed E-state index contributed by atoms with van der Waals surface area (Å²) in [6.45, 7) is 8.12. The van der Waals surface area contributed by atoms with Gasteiger partial charge in [0.1, 0.15) is 18.5 Å². The number of nitrogens with zero attached hydrogens (tertiary/aromatic N) is 2. The summed E-state index contributed by atoms with van der Waals surface area (Å²) in [6, 6.07) is 13.9. The van der Waals surface area contributed by atoms with Crippen molar-refractivity contribution >= 4 is 5.69 Å². The molecular formula is C24H32N2O4. The molecule has 0 unspecified atom stereocenters. The van der Waals surface area contributed by atoms with E-state index in [4.69, 9.17) is 14.2 Å². The third kappa shape index (κ3) is 5.68. The lowest BCUT2D eigenvalue weighted by molar-refractivity contribution is 0.0653. The molecule has 0 aliphatic carbocycles. The average molecular weight is 413 g/mol. The van der Waals surface area contributed by atoms with Gasteiger partial charge < -0.3 is 24.2 Å². The van der Waals surface area contributed by atoms with Crippen LogP contribution in [0.2, 0.25) is 0 Å². The molecule has 3 rings (SSSR count). The van der Waals surface area contributed by atoms with Gasteiger partial charge in [-0.15, -0.1) is 6.58 Å². The Balaban J connectivity index is 1.47. The van der Waals surface area contributed by atoms with Crippen LogP contribution in [0, 0.1) is 0 Å². The molecule has 30 heavy (non-hydrogen) atoms. The zero-order valence-electron chi connectivity index (χ0n) is 17.9. The molecule has 0 bridgehead atoms. The molecule has 1 aliphatic rings. The maximum Gasteiger partial charge on any atom is 0.161 e. The van der Waals surface area contributed by atoms with E-state index in [0.29, 0.717) is 18.0 Å². The Morgan fingerprint density at radius 3 is 2.43 bits per heavy atom. The molecule has 1 atom stereocenters. The van der Waals surface area contributed by atoms with E-state index in [1.165, 1.54) is 0 Å². The van der Waals surface area contributed by atoms with E-state index in [1.54, 1.807) is 14.2 Å². The van der Waals surface area contributed by atoms with E-state index >= 15 is 0 Å². The van der Waals surface area contributed by atoms with Crippen LogP contribution in [-0.4, -0.2) is 69.7 Å². The van der Waals surface area contributed by atoms with Crippen molar-refractivity contribution in [1.82, 2.24) is 4.90 Å². The van der Waals surface area contributed by atoms with Gasteiger partial charge in [-0.2, -0.15) is 0 Å². The van der Waals surface area contributed by atoms with Crippen LogP contribution in [0.3, 0.4) is 0 Å². The monoisotopic (exact) mass is 412 g/mol. The standard InChI is InChI=1S/C24H32N2O4/c1-4-7-19-10-11-23(24(16-19)29-3)30-18-20(27)17-25-12-14-26(15-13-25)21-8-5-6-9-22(21)28-2/h4-6,8-11,16,20,27H,1,7,12-15,17-18H2,2-3H3/t20-/m1/s1. The molecule has 162 valence electrons. The smallest absolute Gasteiger partial charge is 0.161 e. The predicted molar refractivity (Wildman–Crippen MR) is 120 cm³/mol. The molecule has 1 fully saturated rings. The number of para-hydroxylation sites is 2. The lowest BCUT2D eigenvalue weighted by atomic mass is 10.1. The number of hydrogen-bond acceptors (Lipinski definition) is 6. The number of aliphatic hydroxyl groups is 1. The Bertz CT molecular complexity index is 819. The first-order valence-electron chi connectivity index (χ1n) is 10.3. The van der Waals surface area contributed by atoms with Gasteiger partial charge in [0.05, 0.1) is 19.9 Å². The van der Waals surface area contributed by atoms with Crippen LogP contribution in [0.25, 0.3) is 0 Å². The minimum atomic E-state index is -0.569. The van der Waals surface area contributed by atoms with Crippen molar-refractivity contribution in [3.63, 3.8) is 0 Å². The minimum absolute atomic E-state index is 0.226. The summed E-state index contributed by atoms with van der Waals surface area (Å²) in [6.07, 6.45) is 2.06. The van der Waals surface area contributed by atoms with Gasteiger partial charge in [0.15, 0.2) is 11.5 Å². The molecule has 0 amide bonds. The molecule has 2 aromatic rings. The number of allylic oxidation sites excluding steroid dienone is 1. The van der Waals surface area contributed by atoms with Crippen LogP contribution < -0.4 is 19.1 Å². The zero-order valence-corrected chi connectivity index (χ0v) is 17.9. The SMILES string of the molecule is C=CCc1ccc(OC[C@H](O)CN2CCN(c3ccccc3OC)CC2)c(OC)c1. The highest BCUT2D eigenvalue weighted by Gasteiger charge is 2.21. The normalized spacial score (nSPS) is 15.5. The highest BCUT2D eigenvalue weighted by Crippen LogP contribution is 2.29.